The van der Waals surface area contributed by atoms with Crippen molar-refractivity contribution in [3.8, 4) is 11.5 Å². The second-order valence-corrected chi connectivity index (χ2v) is 5.52. The number of aromatic nitrogens is 3. The number of rotatable bonds is 7. The molecule has 8 heteroatoms. The molecule has 2 aromatic heterocycles. The van der Waals surface area contributed by atoms with Crippen LogP contribution in [0.25, 0.3) is 0 Å². The molecule has 0 aliphatic heterocycles. The van der Waals surface area contributed by atoms with Gasteiger partial charge in [0.2, 0.25) is 0 Å². The third-order valence-corrected chi connectivity index (χ3v) is 3.74. The van der Waals surface area contributed by atoms with Gasteiger partial charge in [0.05, 0.1) is 32.3 Å². The lowest BCUT2D eigenvalue weighted by Crippen LogP contribution is -2.15. The zero-order chi connectivity index (χ0) is 19.1. The van der Waals surface area contributed by atoms with E-state index >= 15 is 0 Å². The van der Waals surface area contributed by atoms with E-state index in [-0.39, 0.29) is 11.6 Å². The van der Waals surface area contributed by atoms with Crippen molar-refractivity contribution in [3.63, 3.8) is 0 Å². The Balaban J connectivity index is 1.64. The van der Waals surface area contributed by atoms with Crippen LogP contribution >= 0.6 is 0 Å². The molecule has 3 aromatic rings. The number of ether oxygens (including phenoxy) is 2. The third-order valence-electron chi connectivity index (χ3n) is 3.74. The standard InChI is InChI=1S/C19H19N5O3/c1-26-14-5-6-15(17(8-14)27-2)24-19(25)16-11-23-18(12-21-16)22-10-13-4-3-7-20-9-13/h3-9,11-12H,10H2,1-2H3,(H,22,23)(H,24,25). The van der Waals surface area contributed by atoms with Crippen LogP contribution in [0.1, 0.15) is 16.1 Å². The number of amides is 1. The largest absolute Gasteiger partial charge is 0.497 e. The molecule has 0 saturated carbocycles. The summed E-state index contributed by atoms with van der Waals surface area (Å²) in [6.07, 6.45) is 6.41. The fourth-order valence-corrected chi connectivity index (χ4v) is 2.32. The lowest BCUT2D eigenvalue weighted by atomic mass is 10.2. The van der Waals surface area contributed by atoms with Crippen molar-refractivity contribution in [2.45, 2.75) is 6.54 Å². The highest BCUT2D eigenvalue weighted by Crippen LogP contribution is 2.29. The number of pyridine rings is 1. The van der Waals surface area contributed by atoms with Gasteiger partial charge in [0.1, 0.15) is 23.0 Å². The summed E-state index contributed by atoms with van der Waals surface area (Å²) < 4.78 is 10.4. The van der Waals surface area contributed by atoms with E-state index in [0.29, 0.717) is 29.5 Å². The Morgan fingerprint density at radius 3 is 2.63 bits per heavy atom. The quantitative estimate of drug-likeness (QED) is 0.664. The highest BCUT2D eigenvalue weighted by atomic mass is 16.5. The van der Waals surface area contributed by atoms with Gasteiger partial charge in [-0.1, -0.05) is 6.07 Å². The van der Waals surface area contributed by atoms with Crippen LogP contribution in [0.3, 0.4) is 0 Å². The molecule has 0 aliphatic carbocycles. The maximum atomic E-state index is 12.4. The van der Waals surface area contributed by atoms with Crippen LogP contribution < -0.4 is 20.1 Å². The number of hydrogen-bond donors (Lipinski definition) is 2. The molecule has 0 radical (unpaired) electrons. The van der Waals surface area contributed by atoms with Crippen LogP contribution in [0.4, 0.5) is 11.5 Å². The maximum Gasteiger partial charge on any atom is 0.275 e. The first kappa shape index (κ1) is 18.1. The Morgan fingerprint density at radius 2 is 1.96 bits per heavy atom. The molecule has 0 spiro atoms. The first-order chi connectivity index (χ1) is 13.2. The van der Waals surface area contributed by atoms with Crippen molar-refractivity contribution in [1.29, 1.82) is 0 Å². The summed E-state index contributed by atoms with van der Waals surface area (Å²) in [4.78, 5) is 24.8. The molecule has 0 unspecified atom stereocenters. The number of benzene rings is 1. The summed E-state index contributed by atoms with van der Waals surface area (Å²) in [5.41, 5.74) is 1.73. The molecular weight excluding hydrogens is 346 g/mol. The third kappa shape index (κ3) is 4.69. The summed E-state index contributed by atoms with van der Waals surface area (Å²) in [6, 6.07) is 8.94. The first-order valence-corrected chi connectivity index (χ1v) is 8.18. The van der Waals surface area contributed by atoms with Gasteiger partial charge in [0.25, 0.3) is 5.91 Å². The van der Waals surface area contributed by atoms with Gasteiger partial charge in [-0.15, -0.1) is 0 Å². The maximum absolute atomic E-state index is 12.4. The van der Waals surface area contributed by atoms with Gasteiger partial charge >= 0.3 is 0 Å². The van der Waals surface area contributed by atoms with Gasteiger partial charge < -0.3 is 20.1 Å². The average Bonchev–Trinajstić information content (AvgIpc) is 2.73. The van der Waals surface area contributed by atoms with Gasteiger partial charge in [-0.2, -0.15) is 0 Å². The number of carbonyl (C=O) groups is 1. The average molecular weight is 365 g/mol. The van der Waals surface area contributed by atoms with Gasteiger partial charge in [-0.3, -0.25) is 9.78 Å². The van der Waals surface area contributed by atoms with E-state index in [9.17, 15) is 4.79 Å². The summed E-state index contributed by atoms with van der Waals surface area (Å²) in [7, 11) is 3.08. The zero-order valence-electron chi connectivity index (χ0n) is 15.0. The molecule has 8 nitrogen and oxygen atoms in total. The molecule has 2 heterocycles. The Bertz CT molecular complexity index is 901. The van der Waals surface area contributed by atoms with E-state index in [1.165, 1.54) is 19.5 Å². The van der Waals surface area contributed by atoms with Crippen LogP contribution in [-0.4, -0.2) is 35.1 Å². The molecule has 0 bridgehead atoms. The lowest BCUT2D eigenvalue weighted by Gasteiger charge is -2.11. The highest BCUT2D eigenvalue weighted by molar-refractivity contribution is 6.03. The van der Waals surface area contributed by atoms with Crippen molar-refractivity contribution in [3.05, 3.63) is 66.4 Å². The molecule has 2 N–H and O–H groups in total. The first-order valence-electron chi connectivity index (χ1n) is 8.18. The molecule has 0 fully saturated rings. The molecule has 0 saturated heterocycles. The molecule has 0 aliphatic rings. The normalized spacial score (nSPS) is 10.1. The molecular formula is C19H19N5O3. The minimum atomic E-state index is -0.384. The number of nitrogens with one attached hydrogen (secondary N) is 2. The van der Waals surface area contributed by atoms with E-state index in [1.807, 2.05) is 12.1 Å². The van der Waals surface area contributed by atoms with Gasteiger partial charge in [0, 0.05) is 25.0 Å². The van der Waals surface area contributed by atoms with Gasteiger partial charge in [-0.05, 0) is 23.8 Å². The summed E-state index contributed by atoms with van der Waals surface area (Å²) in [6.45, 7) is 0.567. The minimum absolute atomic E-state index is 0.194. The topological polar surface area (TPSA) is 98.3 Å². The highest BCUT2D eigenvalue weighted by Gasteiger charge is 2.12. The van der Waals surface area contributed by atoms with E-state index in [2.05, 4.69) is 25.6 Å². The molecule has 138 valence electrons. The number of hydrogen-bond acceptors (Lipinski definition) is 7. The fraction of sp³-hybridized carbons (Fsp3) is 0.158. The zero-order valence-corrected chi connectivity index (χ0v) is 15.0. The lowest BCUT2D eigenvalue weighted by molar-refractivity contribution is 0.102. The fourth-order valence-electron chi connectivity index (χ4n) is 2.32. The van der Waals surface area contributed by atoms with Crippen molar-refractivity contribution < 1.29 is 14.3 Å². The van der Waals surface area contributed by atoms with Crippen LogP contribution in [0.2, 0.25) is 0 Å². The van der Waals surface area contributed by atoms with Gasteiger partial charge in [0.15, 0.2) is 0 Å². The van der Waals surface area contributed by atoms with E-state index in [0.717, 1.165) is 5.56 Å². The molecule has 1 aromatic carbocycles. The Morgan fingerprint density at radius 1 is 1.07 bits per heavy atom. The smallest absolute Gasteiger partial charge is 0.275 e. The minimum Gasteiger partial charge on any atom is -0.497 e. The molecule has 27 heavy (non-hydrogen) atoms. The van der Waals surface area contributed by atoms with Crippen molar-refractivity contribution in [2.24, 2.45) is 0 Å². The molecule has 1 amide bonds. The Kier molecular flexibility index (Phi) is 5.78. The van der Waals surface area contributed by atoms with E-state index in [4.69, 9.17) is 9.47 Å². The van der Waals surface area contributed by atoms with E-state index in [1.54, 1.807) is 37.7 Å². The van der Waals surface area contributed by atoms with Crippen LogP contribution in [0.5, 0.6) is 11.5 Å². The summed E-state index contributed by atoms with van der Waals surface area (Å²) in [5.74, 6) is 1.31. The SMILES string of the molecule is COc1ccc(NC(=O)c2cnc(NCc3cccnc3)cn2)c(OC)c1. The van der Waals surface area contributed by atoms with Crippen molar-refractivity contribution in [2.75, 3.05) is 24.9 Å². The monoisotopic (exact) mass is 365 g/mol. The van der Waals surface area contributed by atoms with Crippen LogP contribution in [0.15, 0.2) is 55.1 Å². The molecule has 0 atom stereocenters. The predicted octanol–water partition coefficient (Wildman–Crippen LogP) is 2.75. The van der Waals surface area contributed by atoms with Crippen LogP contribution in [-0.2, 0) is 6.54 Å². The summed E-state index contributed by atoms with van der Waals surface area (Å²) in [5, 5.41) is 5.88. The van der Waals surface area contributed by atoms with Crippen molar-refractivity contribution >= 4 is 17.4 Å². The van der Waals surface area contributed by atoms with E-state index < -0.39 is 0 Å². The summed E-state index contributed by atoms with van der Waals surface area (Å²) >= 11 is 0. The number of carbonyl (C=O) groups excluding carboxylic acids is 1. The molecule has 3 rings (SSSR count). The van der Waals surface area contributed by atoms with Crippen molar-refractivity contribution in [1.82, 2.24) is 15.0 Å². The Hall–Kier alpha value is -3.68. The second-order valence-electron chi connectivity index (χ2n) is 5.52. The van der Waals surface area contributed by atoms with Gasteiger partial charge in [-0.25, -0.2) is 9.97 Å². The number of methoxy groups -OCH3 is 2. The second kappa shape index (κ2) is 8.61. The number of nitrogens with zero attached hydrogens (tertiary/aromatic N) is 3. The predicted molar refractivity (Wildman–Crippen MR) is 101 cm³/mol. The Labute approximate surface area is 156 Å². The van der Waals surface area contributed by atoms with Crippen LogP contribution in [0, 0.1) is 0 Å². The number of anilines is 2.